The van der Waals surface area contributed by atoms with Gasteiger partial charge in [0.15, 0.2) is 0 Å². The first-order valence-corrected chi connectivity index (χ1v) is 15.7. The van der Waals surface area contributed by atoms with Gasteiger partial charge in [-0.3, -0.25) is 15.0 Å². The minimum absolute atomic E-state index is 0. The van der Waals surface area contributed by atoms with Crippen LogP contribution in [0.25, 0.3) is 0 Å². The Balaban J connectivity index is 0.000000462. The zero-order valence-corrected chi connectivity index (χ0v) is 28.1. The molecule has 4 rings (SSSR count). The average Bonchev–Trinajstić information content (AvgIpc) is 3.79. The van der Waals surface area contributed by atoms with Crippen LogP contribution in [-0.4, -0.2) is 105 Å². The molecule has 2 aromatic rings. The van der Waals surface area contributed by atoms with Crippen LogP contribution in [0.5, 0.6) is 0 Å². The molecule has 0 bridgehead atoms. The first-order chi connectivity index (χ1) is 21.7. The molecule has 0 aliphatic carbocycles. The van der Waals surface area contributed by atoms with Crippen LogP contribution in [0, 0.1) is 31.1 Å². The number of amidine groups is 1. The number of hydrazone groups is 1. The summed E-state index contributed by atoms with van der Waals surface area (Å²) >= 11 is 0. The molecule has 0 saturated carbocycles. The molecule has 0 aromatic carbocycles. The van der Waals surface area contributed by atoms with Crippen molar-refractivity contribution in [2.24, 2.45) is 22.7 Å². The van der Waals surface area contributed by atoms with Crippen LogP contribution in [0.15, 0.2) is 26.3 Å². The molecular weight excluding hydrogens is 620 g/mol. The van der Waals surface area contributed by atoms with Crippen molar-refractivity contribution in [1.29, 1.82) is 5.41 Å². The summed E-state index contributed by atoms with van der Waals surface area (Å²) in [6, 6.07) is 2.58. The van der Waals surface area contributed by atoms with E-state index >= 15 is 0 Å². The van der Waals surface area contributed by atoms with E-state index in [0.717, 1.165) is 11.4 Å². The lowest BCUT2D eigenvalue weighted by atomic mass is 9.91. The highest BCUT2D eigenvalue weighted by Crippen LogP contribution is 2.32. The van der Waals surface area contributed by atoms with Crippen molar-refractivity contribution in [1.82, 2.24) is 25.5 Å². The number of aliphatic hydroxyl groups is 2. The number of aliphatic hydroxyl groups excluding tert-OH is 2. The number of amides is 2. The number of carbonyl (C=O) groups is 2. The molecule has 2 fully saturated rings. The maximum Gasteiger partial charge on any atom is 0.234 e. The second kappa shape index (κ2) is 18.5. The minimum atomic E-state index is -0.645. The van der Waals surface area contributed by atoms with Gasteiger partial charge < -0.3 is 45.0 Å². The van der Waals surface area contributed by atoms with Crippen LogP contribution in [0.2, 0.25) is 0 Å². The van der Waals surface area contributed by atoms with E-state index in [1.807, 2.05) is 41.5 Å². The van der Waals surface area contributed by atoms with E-state index in [-0.39, 0.29) is 57.5 Å². The first kappa shape index (κ1) is 42.0. The molecule has 2 unspecified atom stereocenters. The fraction of sp³-hybridized carbons (Fsp3) is 0.697. The van der Waals surface area contributed by atoms with E-state index in [0.29, 0.717) is 36.7 Å². The number of rotatable bonds is 10. The number of aromatic nitrogens is 2. The lowest BCUT2D eigenvalue weighted by Crippen LogP contribution is -2.47. The summed E-state index contributed by atoms with van der Waals surface area (Å²) in [5.74, 6) is 0.122. The summed E-state index contributed by atoms with van der Waals surface area (Å²) in [5.41, 5.74) is 10.3. The van der Waals surface area contributed by atoms with Gasteiger partial charge in [-0.15, -0.1) is 0 Å². The quantitative estimate of drug-likeness (QED) is 0.140. The predicted molar refractivity (Wildman–Crippen MR) is 183 cm³/mol. The van der Waals surface area contributed by atoms with Crippen LogP contribution in [0.4, 0.5) is 0 Å². The van der Waals surface area contributed by atoms with Crippen molar-refractivity contribution in [3.8, 4) is 0 Å². The van der Waals surface area contributed by atoms with Crippen molar-refractivity contribution in [2.75, 3.05) is 26.7 Å². The van der Waals surface area contributed by atoms with Gasteiger partial charge >= 0.3 is 0 Å². The summed E-state index contributed by atoms with van der Waals surface area (Å²) in [7, 11) is 1.40. The Morgan fingerprint density at radius 1 is 0.958 bits per heavy atom. The van der Waals surface area contributed by atoms with Crippen LogP contribution in [-0.2, 0) is 14.3 Å². The number of ether oxygens (including phenoxy) is 1. The molecule has 272 valence electrons. The highest BCUT2D eigenvalue weighted by atomic mass is 16.5. The van der Waals surface area contributed by atoms with Gasteiger partial charge in [-0.1, -0.05) is 52.9 Å². The summed E-state index contributed by atoms with van der Waals surface area (Å²) < 4.78 is 15.5. The molecule has 2 saturated heterocycles. The second-order valence-corrected chi connectivity index (χ2v) is 12.6. The van der Waals surface area contributed by atoms with Gasteiger partial charge in [-0.2, -0.15) is 5.10 Å². The molecule has 2 amide bonds. The Labute approximate surface area is 284 Å². The molecule has 15 nitrogen and oxygen atoms in total. The zero-order chi connectivity index (χ0) is 34.3. The highest BCUT2D eigenvalue weighted by Gasteiger charge is 2.43. The Morgan fingerprint density at radius 2 is 1.38 bits per heavy atom. The fourth-order valence-corrected chi connectivity index (χ4v) is 5.91. The third-order valence-electron chi connectivity index (χ3n) is 8.13. The Kier molecular flexibility index (Phi) is 16.2. The average molecular weight is 679 g/mol. The van der Waals surface area contributed by atoms with E-state index in [4.69, 9.17) is 24.9 Å². The smallest absolute Gasteiger partial charge is 0.234 e. The number of hydrogen-bond acceptors (Lipinski definition) is 12. The molecule has 6 atom stereocenters. The summed E-state index contributed by atoms with van der Waals surface area (Å²) in [6.45, 7) is 14.4. The van der Waals surface area contributed by atoms with Gasteiger partial charge in [-0.25, -0.2) is 0 Å². The van der Waals surface area contributed by atoms with Gasteiger partial charge in [-0.05, 0) is 32.6 Å². The van der Waals surface area contributed by atoms with E-state index in [9.17, 15) is 19.8 Å². The second-order valence-electron chi connectivity index (χ2n) is 12.6. The van der Waals surface area contributed by atoms with Gasteiger partial charge in [0.2, 0.25) is 17.7 Å². The molecule has 0 radical (unpaired) electrons. The molecule has 15 heteroatoms. The highest BCUT2D eigenvalue weighted by molar-refractivity contribution is 5.93. The van der Waals surface area contributed by atoms with Gasteiger partial charge in [0.25, 0.3) is 0 Å². The van der Waals surface area contributed by atoms with Crippen LogP contribution < -0.4 is 11.2 Å². The van der Waals surface area contributed by atoms with Crippen molar-refractivity contribution >= 4 is 23.5 Å². The van der Waals surface area contributed by atoms with Crippen molar-refractivity contribution in [2.45, 2.75) is 112 Å². The topological polar surface area (TPSA) is 217 Å². The van der Waals surface area contributed by atoms with E-state index in [2.05, 4.69) is 20.8 Å². The van der Waals surface area contributed by atoms with Crippen molar-refractivity contribution in [3.05, 3.63) is 35.0 Å². The zero-order valence-electron chi connectivity index (χ0n) is 28.1. The number of β-amino-alcohol motifs (C(OH)–C–C–N with tert-alkyl or cyclic N) is 2. The molecule has 48 heavy (non-hydrogen) atoms. The van der Waals surface area contributed by atoms with Crippen molar-refractivity contribution < 1.29 is 33.6 Å². The lowest BCUT2D eigenvalue weighted by molar-refractivity contribution is -0.135. The maximum atomic E-state index is 13.1. The fourth-order valence-electron chi connectivity index (χ4n) is 5.91. The molecule has 0 spiro atoms. The number of nitrogens with one attached hydrogen (secondary N) is 2. The predicted octanol–water partition coefficient (Wildman–Crippen LogP) is 3.15. The number of nitrogens with two attached hydrogens (primary N) is 1. The summed E-state index contributed by atoms with van der Waals surface area (Å²) in [5, 5.41) is 39.6. The third kappa shape index (κ3) is 10.0. The number of carbonyl (C=O) groups excluding carboxylic acids is 2. The number of methoxy groups -OCH3 is 1. The van der Waals surface area contributed by atoms with E-state index in [1.165, 1.54) is 12.0 Å². The van der Waals surface area contributed by atoms with Crippen molar-refractivity contribution in [3.63, 3.8) is 0 Å². The monoisotopic (exact) mass is 678 g/mol. The van der Waals surface area contributed by atoms with Gasteiger partial charge in [0.1, 0.15) is 35.2 Å². The molecule has 2 aliphatic rings. The van der Waals surface area contributed by atoms with Gasteiger partial charge in [0.05, 0.1) is 36.7 Å². The van der Waals surface area contributed by atoms with Crippen LogP contribution in [0.3, 0.4) is 0 Å². The third-order valence-corrected chi connectivity index (χ3v) is 8.13. The van der Waals surface area contributed by atoms with Crippen LogP contribution in [0.1, 0.15) is 97.1 Å². The number of likely N-dealkylation sites (tertiary alicyclic amines) is 2. The normalized spacial score (nSPS) is 22.0. The largest absolute Gasteiger partial charge is 0.483 e. The van der Waals surface area contributed by atoms with E-state index < -0.39 is 36.1 Å². The summed E-state index contributed by atoms with van der Waals surface area (Å²) in [6.07, 6.45) is -0.557. The SMILES string of the molecule is C.C.CCN/N=C(\N)[C@@H]1C[C@@H](O)CN1C(=O)C(c1cc(C)no1)C(C)C.COC(=N)[C@@H]1C[C@@H](O)CN1C(=O)C(c1cc(C)no1)C(C)C. The number of hydrogen-bond donors (Lipinski definition) is 5. The Morgan fingerprint density at radius 3 is 1.73 bits per heavy atom. The Hall–Kier alpha value is -3.98. The maximum absolute atomic E-state index is 13.1. The molecule has 2 aliphatic heterocycles. The number of aryl methyl sites for hydroxylation is 2. The van der Waals surface area contributed by atoms with Gasteiger partial charge in [0, 0.05) is 44.6 Å². The minimum Gasteiger partial charge on any atom is -0.483 e. The number of nitrogens with zero attached hydrogens (tertiary/aromatic N) is 5. The van der Waals surface area contributed by atoms with Crippen LogP contribution >= 0.6 is 0 Å². The standard InChI is InChI=1S/C16H27N5O3.C15H23N3O4.2CH4/c1-5-18-19-15(17)12-7-11(22)8-21(12)16(23)14(9(2)3)13-6-10(4)20-24-13;1-8(2)13(12-5-9(3)17-22-12)15(20)18-7-10(19)6-11(18)14(16)21-4;;/h6,9,11-12,14,18,22H,5,7-8H2,1-4H3,(H2,17,19);5,8,10-11,13,16,19H,6-7H2,1-4H3;2*1H4/t11-,12+,14?;10-,11+,13?;;/m11../s1. The molecular formula is C33H58N8O7. The molecule has 4 heterocycles. The lowest BCUT2D eigenvalue weighted by Gasteiger charge is -2.28. The summed E-state index contributed by atoms with van der Waals surface area (Å²) in [4.78, 5) is 29.2. The molecule has 2 aromatic heterocycles. The van der Waals surface area contributed by atoms with E-state index in [1.54, 1.807) is 24.0 Å². The first-order valence-electron chi connectivity index (χ1n) is 15.7. The molecule has 6 N–H and O–H groups in total. The Bertz CT molecular complexity index is 1360.